The van der Waals surface area contributed by atoms with E-state index in [1.165, 1.54) is 0 Å². The molecule has 0 bridgehead atoms. The third-order valence-corrected chi connectivity index (χ3v) is 0. The fourth-order valence-electron chi connectivity index (χ4n) is 0. The molecule has 0 radical (unpaired) electrons. The topological polar surface area (TPSA) is 201 Å². The normalized spacial score (nSPS) is 5.64. The van der Waals surface area contributed by atoms with Crippen molar-refractivity contribution in [3.8, 4) is 0 Å². The molecule has 22 heavy (non-hydrogen) atoms. The first-order valence-corrected chi connectivity index (χ1v) is 4.64. The summed E-state index contributed by atoms with van der Waals surface area (Å²) < 4.78 is 0. The quantitative estimate of drug-likeness (QED) is 0.278. The molecule has 0 unspecified atom stereocenters. The molecule has 0 atom stereocenters. The molecule has 0 fully saturated rings. The number of hydrogen-bond donors (Lipinski definition) is 6. The molecule has 0 saturated heterocycles. The summed E-state index contributed by atoms with van der Waals surface area (Å²) in [7, 11) is 0. The molecule has 0 aliphatic rings. The fourth-order valence-corrected chi connectivity index (χ4v) is 0. The zero-order chi connectivity index (χ0) is 17.9. The van der Waals surface area contributed by atoms with Crippen molar-refractivity contribution in [2.45, 2.75) is 27.7 Å². The van der Waals surface area contributed by atoms with Crippen LogP contribution in [0.25, 0.3) is 0 Å². The molecule has 124 valence electrons. The third-order valence-electron chi connectivity index (χ3n) is 0. The van der Waals surface area contributed by atoms with Gasteiger partial charge in [-0.15, -0.1) is 0 Å². The molecular formula is C10H24N2Na2O8. The summed E-state index contributed by atoms with van der Waals surface area (Å²) in [5.41, 5.74) is 9.39. The number of carboxylic acid groups (broad SMARTS) is 4. The second kappa shape index (κ2) is 36.9. The van der Waals surface area contributed by atoms with Gasteiger partial charge in [0.15, 0.2) is 0 Å². The van der Waals surface area contributed by atoms with E-state index in [0.717, 1.165) is 27.7 Å². The first-order valence-electron chi connectivity index (χ1n) is 4.64. The van der Waals surface area contributed by atoms with Crippen LogP contribution in [0.1, 0.15) is 27.7 Å². The van der Waals surface area contributed by atoms with Crippen LogP contribution in [0.4, 0.5) is 0 Å². The van der Waals surface area contributed by atoms with Crippen LogP contribution in [0, 0.1) is 0 Å². The van der Waals surface area contributed by atoms with Gasteiger partial charge in [0.25, 0.3) is 23.9 Å². The van der Waals surface area contributed by atoms with Gasteiger partial charge in [-0.05, 0) is 0 Å². The van der Waals surface area contributed by atoms with Crippen molar-refractivity contribution in [2.24, 2.45) is 11.5 Å². The molecule has 0 rings (SSSR count). The van der Waals surface area contributed by atoms with Gasteiger partial charge in [0, 0.05) is 27.7 Å². The predicted octanol–water partition coefficient (Wildman–Crippen LogP) is -1.56. The number of carbonyl (C=O) groups is 4. The maximum atomic E-state index is 9.00. The SMILES string of the molecule is C=C(N)N.CC(=O)O.CC(=O)O.CC(=O)O.CC(=O)O.[NaH].[NaH]. The van der Waals surface area contributed by atoms with E-state index in [0.29, 0.717) is 0 Å². The second-order valence-electron chi connectivity index (χ2n) is 2.65. The molecule has 0 aromatic heterocycles. The number of aliphatic carboxylic acids is 4. The van der Waals surface area contributed by atoms with Gasteiger partial charge in [-0.1, -0.05) is 6.58 Å². The second-order valence-corrected chi connectivity index (χ2v) is 2.65. The predicted molar refractivity (Wildman–Crippen MR) is 85.1 cm³/mol. The monoisotopic (exact) mass is 346 g/mol. The summed E-state index contributed by atoms with van der Waals surface area (Å²) >= 11 is 0. The standard InChI is InChI=1S/C2H6N2.4C2H4O2.2Na.2H/c5*1-2(3)4;;;;/h1,3-4H2;4*1H3,(H,3,4);;;;. The molecule has 0 amide bonds. The van der Waals surface area contributed by atoms with E-state index in [2.05, 4.69) is 6.58 Å². The molecule has 0 aromatic carbocycles. The Labute approximate surface area is 173 Å². The van der Waals surface area contributed by atoms with Gasteiger partial charge in [0.2, 0.25) is 0 Å². The minimum absolute atomic E-state index is 0. The zero-order valence-electron chi connectivity index (χ0n) is 11.8. The molecule has 10 nitrogen and oxygen atoms in total. The van der Waals surface area contributed by atoms with Crippen LogP contribution in [0.2, 0.25) is 0 Å². The summed E-state index contributed by atoms with van der Waals surface area (Å²) in [5.74, 6) is -3.17. The molecule has 0 aliphatic heterocycles. The number of rotatable bonds is 0. The van der Waals surface area contributed by atoms with Crippen molar-refractivity contribution >= 4 is 83.0 Å². The van der Waals surface area contributed by atoms with Crippen LogP contribution >= 0.6 is 0 Å². The van der Waals surface area contributed by atoms with Crippen molar-refractivity contribution in [3.63, 3.8) is 0 Å². The zero-order valence-corrected chi connectivity index (χ0v) is 11.8. The van der Waals surface area contributed by atoms with Crippen molar-refractivity contribution < 1.29 is 39.6 Å². The average Bonchev–Trinajstić information content (AvgIpc) is 1.94. The van der Waals surface area contributed by atoms with Gasteiger partial charge in [0.05, 0.1) is 5.82 Å². The van der Waals surface area contributed by atoms with Gasteiger partial charge in [0.1, 0.15) is 0 Å². The van der Waals surface area contributed by atoms with E-state index in [1.54, 1.807) is 0 Å². The number of nitrogens with two attached hydrogens (primary N) is 2. The molecule has 0 heterocycles. The van der Waals surface area contributed by atoms with Crippen LogP contribution < -0.4 is 11.5 Å². The Balaban J connectivity index is -0.0000000250. The maximum absolute atomic E-state index is 9.00. The van der Waals surface area contributed by atoms with E-state index in [-0.39, 0.29) is 64.9 Å². The summed E-state index contributed by atoms with van der Waals surface area (Å²) in [5, 5.41) is 29.7. The van der Waals surface area contributed by atoms with Crippen LogP contribution in [-0.4, -0.2) is 103 Å². The molecule has 0 spiro atoms. The Morgan fingerprint density at radius 3 is 0.636 bits per heavy atom. The Morgan fingerprint density at radius 2 is 0.636 bits per heavy atom. The Bertz CT molecular complexity index is 222. The molecular weight excluding hydrogens is 322 g/mol. The first-order chi connectivity index (χ1) is 8.66. The van der Waals surface area contributed by atoms with Crippen molar-refractivity contribution in [3.05, 3.63) is 12.4 Å². The van der Waals surface area contributed by atoms with Crippen molar-refractivity contribution in [1.82, 2.24) is 0 Å². The first kappa shape index (κ1) is 42.9. The van der Waals surface area contributed by atoms with E-state index in [9.17, 15) is 0 Å². The van der Waals surface area contributed by atoms with E-state index >= 15 is 0 Å². The van der Waals surface area contributed by atoms with Gasteiger partial charge >= 0.3 is 59.1 Å². The van der Waals surface area contributed by atoms with Crippen molar-refractivity contribution in [2.75, 3.05) is 0 Å². The van der Waals surface area contributed by atoms with Gasteiger partial charge in [-0.3, -0.25) is 19.2 Å². The fraction of sp³-hybridized carbons (Fsp3) is 0.400. The summed E-state index contributed by atoms with van der Waals surface area (Å²) in [6, 6.07) is 0. The van der Waals surface area contributed by atoms with Gasteiger partial charge < -0.3 is 31.9 Å². The molecule has 12 heteroatoms. The Kier molecular flexibility index (Phi) is 72.0. The van der Waals surface area contributed by atoms with Gasteiger partial charge in [-0.2, -0.15) is 0 Å². The summed E-state index contributed by atoms with van der Waals surface area (Å²) in [4.78, 5) is 36.0. The molecule has 0 aromatic rings. The molecule has 0 saturated carbocycles. The van der Waals surface area contributed by atoms with E-state index in [4.69, 9.17) is 51.1 Å². The number of carboxylic acids is 4. The summed E-state index contributed by atoms with van der Waals surface area (Å²) in [6.07, 6.45) is 0. The van der Waals surface area contributed by atoms with E-state index < -0.39 is 23.9 Å². The van der Waals surface area contributed by atoms with Crippen LogP contribution in [0.5, 0.6) is 0 Å². The summed E-state index contributed by atoms with van der Waals surface area (Å²) in [6.45, 7) is 7.44. The van der Waals surface area contributed by atoms with Crippen LogP contribution in [0.3, 0.4) is 0 Å². The minimum atomic E-state index is -0.833. The van der Waals surface area contributed by atoms with Crippen LogP contribution in [-0.2, 0) is 19.2 Å². The Hall–Kier alpha value is -0.780. The average molecular weight is 346 g/mol. The molecule has 8 N–H and O–H groups in total. The van der Waals surface area contributed by atoms with Gasteiger partial charge in [-0.25, -0.2) is 0 Å². The van der Waals surface area contributed by atoms with Crippen molar-refractivity contribution in [1.29, 1.82) is 0 Å². The van der Waals surface area contributed by atoms with E-state index in [1.807, 2.05) is 0 Å². The van der Waals surface area contributed by atoms with Crippen LogP contribution in [0.15, 0.2) is 12.4 Å². The number of hydrogen-bond acceptors (Lipinski definition) is 6. The molecule has 0 aliphatic carbocycles. The Morgan fingerprint density at radius 1 is 0.636 bits per heavy atom. The third kappa shape index (κ3) is 10500.